The Morgan fingerprint density at radius 2 is 1.87 bits per heavy atom. The number of hydrogen-bond acceptors (Lipinski definition) is 6. The lowest BCUT2D eigenvalue weighted by molar-refractivity contribution is -0.135. The molecular weight excluding hydrogens is 562 g/mol. The first kappa shape index (κ1) is 30.5. The van der Waals surface area contributed by atoms with Crippen molar-refractivity contribution in [3.8, 4) is 5.75 Å². The molecule has 240 valence electrons. The second-order valence-electron chi connectivity index (χ2n) is 14.8. The van der Waals surface area contributed by atoms with Crippen molar-refractivity contribution in [2.45, 2.75) is 91.4 Å². The zero-order chi connectivity index (χ0) is 31.3. The molecule has 1 aromatic rings. The fraction of sp³-hybridized carbons (Fsp3) is 0.590. The zero-order valence-electron chi connectivity index (χ0n) is 27.2. The van der Waals surface area contributed by atoms with Crippen LogP contribution >= 0.6 is 0 Å². The van der Waals surface area contributed by atoms with Gasteiger partial charge < -0.3 is 19.9 Å². The zero-order valence-corrected chi connectivity index (χ0v) is 27.2. The van der Waals surface area contributed by atoms with Crippen LogP contribution in [0.2, 0.25) is 0 Å². The summed E-state index contributed by atoms with van der Waals surface area (Å²) in [4.78, 5) is 28.0. The van der Waals surface area contributed by atoms with Gasteiger partial charge in [-0.05, 0) is 142 Å². The van der Waals surface area contributed by atoms with Gasteiger partial charge >= 0.3 is 11.9 Å². The number of aromatic hydroxyl groups is 1. The summed E-state index contributed by atoms with van der Waals surface area (Å²) in [5.41, 5.74) is 3.83. The molecule has 1 spiro atoms. The number of benzene rings is 1. The van der Waals surface area contributed by atoms with Gasteiger partial charge in [0.05, 0.1) is 11.0 Å². The Hall–Kier alpha value is -3.12. The fourth-order valence-electron chi connectivity index (χ4n) is 9.70. The fourth-order valence-corrected chi connectivity index (χ4v) is 9.70. The topological polar surface area (TPSA) is 84.9 Å². The lowest BCUT2D eigenvalue weighted by Crippen LogP contribution is -2.52. The van der Waals surface area contributed by atoms with Gasteiger partial charge in [0.25, 0.3) is 0 Å². The third-order valence-corrected chi connectivity index (χ3v) is 11.9. The van der Waals surface area contributed by atoms with Crippen molar-refractivity contribution in [1.82, 2.24) is 5.32 Å². The van der Waals surface area contributed by atoms with Crippen LogP contribution in [0.25, 0.3) is 5.57 Å². The number of ether oxygens (including phenoxy) is 2. The van der Waals surface area contributed by atoms with E-state index in [4.69, 9.17) is 9.47 Å². The summed E-state index contributed by atoms with van der Waals surface area (Å²) >= 11 is 0. The number of phenolic OH excluding ortho intramolecular Hbond substituents is 1. The van der Waals surface area contributed by atoms with Gasteiger partial charge in [0, 0.05) is 17.1 Å². The number of rotatable bonds is 9. The van der Waals surface area contributed by atoms with Gasteiger partial charge in [-0.15, -0.1) is 0 Å². The average Bonchev–Trinajstić information content (AvgIpc) is 3.52. The van der Waals surface area contributed by atoms with Crippen molar-refractivity contribution < 1.29 is 24.2 Å². The number of carbonyl (C=O) groups is 2. The minimum Gasteiger partial charge on any atom is -0.508 e. The van der Waals surface area contributed by atoms with Crippen molar-refractivity contribution in [1.29, 1.82) is 0 Å². The quantitative estimate of drug-likeness (QED) is 0.275. The maximum atomic E-state index is 14.1. The number of carbonyl (C=O) groups excluding carboxylic acids is 2. The molecule has 6 heteroatoms. The van der Waals surface area contributed by atoms with E-state index in [0.717, 1.165) is 116 Å². The van der Waals surface area contributed by atoms with Gasteiger partial charge in [-0.2, -0.15) is 0 Å². The number of cyclic esters (lactones) is 2. The first-order valence-corrected chi connectivity index (χ1v) is 17.7. The van der Waals surface area contributed by atoms with E-state index in [1.54, 1.807) is 12.1 Å². The Labute approximate surface area is 268 Å². The number of allylic oxidation sites excluding steroid dienone is 5. The number of esters is 2. The molecule has 3 heterocycles. The molecule has 1 saturated carbocycles. The monoisotopic (exact) mass is 611 g/mol. The van der Waals surface area contributed by atoms with E-state index in [2.05, 4.69) is 38.2 Å². The molecule has 0 unspecified atom stereocenters. The number of piperidine rings is 1. The minimum absolute atomic E-state index is 0.123. The summed E-state index contributed by atoms with van der Waals surface area (Å²) in [5, 5.41) is 13.9. The molecule has 3 fully saturated rings. The van der Waals surface area contributed by atoms with Crippen molar-refractivity contribution >= 4 is 17.5 Å². The van der Waals surface area contributed by atoms with Crippen molar-refractivity contribution in [2.24, 2.45) is 40.9 Å². The van der Waals surface area contributed by atoms with E-state index < -0.39 is 5.41 Å². The van der Waals surface area contributed by atoms with E-state index in [9.17, 15) is 14.7 Å². The molecule has 3 aliphatic heterocycles. The van der Waals surface area contributed by atoms with Gasteiger partial charge in [-0.25, -0.2) is 9.59 Å². The predicted octanol–water partition coefficient (Wildman–Crippen LogP) is 8.00. The molecule has 7 aliphatic rings. The van der Waals surface area contributed by atoms with Crippen molar-refractivity contribution in [2.75, 3.05) is 13.1 Å². The first-order valence-electron chi connectivity index (χ1n) is 17.7. The van der Waals surface area contributed by atoms with E-state index in [-0.39, 0.29) is 35.4 Å². The predicted molar refractivity (Wildman–Crippen MR) is 174 cm³/mol. The second-order valence-corrected chi connectivity index (χ2v) is 14.8. The van der Waals surface area contributed by atoms with Crippen LogP contribution in [0.5, 0.6) is 5.75 Å². The van der Waals surface area contributed by atoms with E-state index in [0.29, 0.717) is 11.8 Å². The summed E-state index contributed by atoms with van der Waals surface area (Å²) < 4.78 is 12.4. The average molecular weight is 612 g/mol. The standard InChI is InChI=1S/C39H49NO5/c1-4-24(12-11-23(2)3)21-32-39-18-15-28(33(36(39)38(43)45-32)26-8-6-9-27(41)22-26)29-13-14-30-31(44-37(42)34(30)35(29)39)10-5-7-25-16-19-40-20-17-25/h6,8-10,21-25,28-29,35,40-41H,4-5,7,11-20H2,1-3H3/t24-,28+,29+,35+,39+/m0/s1. The van der Waals surface area contributed by atoms with Crippen molar-refractivity contribution in [3.63, 3.8) is 0 Å². The maximum absolute atomic E-state index is 14.1. The van der Waals surface area contributed by atoms with E-state index in [1.807, 2.05) is 12.1 Å². The van der Waals surface area contributed by atoms with Crippen LogP contribution in [-0.2, 0) is 19.1 Å². The smallest absolute Gasteiger partial charge is 0.340 e. The summed E-state index contributed by atoms with van der Waals surface area (Å²) in [6, 6.07) is 7.34. The first-order chi connectivity index (χ1) is 21.8. The molecule has 0 radical (unpaired) electrons. The molecule has 0 aromatic heterocycles. The Bertz CT molecular complexity index is 1490. The van der Waals surface area contributed by atoms with Gasteiger partial charge in [0.2, 0.25) is 0 Å². The van der Waals surface area contributed by atoms with Crippen LogP contribution < -0.4 is 5.32 Å². The number of phenols is 1. The SMILES string of the molecule is CC[C@H](C=C1OC(=O)C2=C(c3cccc(O)c3)[C@@H]3CC[C@]12[C@H]1C2=C(CC[C@H]31)C(=CCCC1CCNCC1)OC2=O)CCC(C)C. The molecule has 45 heavy (non-hydrogen) atoms. The molecule has 4 aliphatic carbocycles. The van der Waals surface area contributed by atoms with Crippen LogP contribution in [0.15, 0.2) is 64.7 Å². The highest BCUT2D eigenvalue weighted by Gasteiger charge is 2.68. The minimum atomic E-state index is -0.687. The molecule has 2 saturated heterocycles. The molecule has 6 nitrogen and oxygen atoms in total. The Morgan fingerprint density at radius 1 is 1.04 bits per heavy atom. The maximum Gasteiger partial charge on any atom is 0.340 e. The molecule has 0 amide bonds. The molecule has 1 aromatic carbocycles. The summed E-state index contributed by atoms with van der Waals surface area (Å²) in [7, 11) is 0. The van der Waals surface area contributed by atoms with Crippen LogP contribution in [0, 0.1) is 40.9 Å². The van der Waals surface area contributed by atoms with Gasteiger partial charge in [0.1, 0.15) is 17.3 Å². The number of hydrogen-bond donors (Lipinski definition) is 2. The Balaban J connectivity index is 1.33. The summed E-state index contributed by atoms with van der Waals surface area (Å²) in [5.74, 6) is 3.02. The third kappa shape index (κ3) is 5.21. The highest BCUT2D eigenvalue weighted by molar-refractivity contribution is 6.06. The summed E-state index contributed by atoms with van der Waals surface area (Å²) in [6.45, 7) is 8.89. The third-order valence-electron chi connectivity index (χ3n) is 11.9. The van der Waals surface area contributed by atoms with E-state index >= 15 is 0 Å². The largest absolute Gasteiger partial charge is 0.508 e. The molecule has 2 N–H and O–H groups in total. The second kappa shape index (κ2) is 12.2. The van der Waals surface area contributed by atoms with Gasteiger partial charge in [-0.1, -0.05) is 39.3 Å². The highest BCUT2D eigenvalue weighted by atomic mass is 16.5. The van der Waals surface area contributed by atoms with E-state index in [1.165, 1.54) is 12.8 Å². The molecule has 8 rings (SSSR count). The lowest BCUT2D eigenvalue weighted by Gasteiger charge is -2.56. The van der Waals surface area contributed by atoms with Gasteiger partial charge in [-0.3, -0.25) is 0 Å². The normalized spacial score (nSPS) is 31.9. The van der Waals surface area contributed by atoms with Crippen LogP contribution in [0.1, 0.15) is 97.0 Å². The number of nitrogens with one attached hydrogen (secondary N) is 1. The van der Waals surface area contributed by atoms with Crippen LogP contribution in [0.3, 0.4) is 0 Å². The highest BCUT2D eigenvalue weighted by Crippen LogP contribution is 2.71. The Kier molecular flexibility index (Phi) is 8.30. The molecule has 5 atom stereocenters. The summed E-state index contributed by atoms with van der Waals surface area (Å²) in [6.07, 6.45) is 15.5. The van der Waals surface area contributed by atoms with Crippen LogP contribution in [0.4, 0.5) is 0 Å². The number of fused-ring (bicyclic) bond motifs is 1. The lowest BCUT2D eigenvalue weighted by atomic mass is 9.44. The molecular formula is C39H49NO5. The van der Waals surface area contributed by atoms with Gasteiger partial charge in [0.15, 0.2) is 0 Å². The molecule has 2 bridgehead atoms. The Morgan fingerprint density at radius 3 is 2.62 bits per heavy atom. The van der Waals surface area contributed by atoms with Crippen molar-refractivity contribution in [3.05, 3.63) is 70.2 Å². The van der Waals surface area contributed by atoms with Crippen LogP contribution in [-0.4, -0.2) is 30.1 Å².